The fourth-order valence-corrected chi connectivity index (χ4v) is 2.31. The van der Waals surface area contributed by atoms with E-state index in [9.17, 15) is 0 Å². The van der Waals surface area contributed by atoms with Gasteiger partial charge < -0.3 is 10.1 Å². The van der Waals surface area contributed by atoms with Gasteiger partial charge in [0.05, 0.1) is 0 Å². The van der Waals surface area contributed by atoms with Crippen molar-refractivity contribution in [2.45, 2.75) is 13.2 Å². The van der Waals surface area contributed by atoms with E-state index in [1.54, 1.807) is 6.20 Å². The SMILES string of the molecule is CNCc1ccc(COc2cccc3cccnc23)cc1. The molecule has 21 heavy (non-hydrogen) atoms. The Hall–Kier alpha value is -2.39. The summed E-state index contributed by atoms with van der Waals surface area (Å²) in [6, 6.07) is 18.4. The van der Waals surface area contributed by atoms with Crippen LogP contribution >= 0.6 is 0 Å². The smallest absolute Gasteiger partial charge is 0.146 e. The first-order valence-electron chi connectivity index (χ1n) is 7.06. The van der Waals surface area contributed by atoms with Gasteiger partial charge in [0.25, 0.3) is 0 Å². The number of pyridine rings is 1. The summed E-state index contributed by atoms with van der Waals surface area (Å²) in [6.45, 7) is 1.43. The monoisotopic (exact) mass is 278 g/mol. The van der Waals surface area contributed by atoms with Gasteiger partial charge in [-0.3, -0.25) is 4.98 Å². The van der Waals surface area contributed by atoms with Crippen molar-refractivity contribution in [3.8, 4) is 5.75 Å². The Balaban J connectivity index is 1.74. The van der Waals surface area contributed by atoms with Crippen molar-refractivity contribution in [1.82, 2.24) is 10.3 Å². The number of rotatable bonds is 5. The Labute approximate surface area is 124 Å². The Morgan fingerprint density at radius 2 is 1.71 bits per heavy atom. The fraction of sp³-hybridized carbons (Fsp3) is 0.167. The van der Waals surface area contributed by atoms with Crippen LogP contribution in [0.1, 0.15) is 11.1 Å². The first kappa shape index (κ1) is 13.6. The summed E-state index contributed by atoms with van der Waals surface area (Å²) < 4.78 is 5.93. The fourth-order valence-electron chi connectivity index (χ4n) is 2.31. The van der Waals surface area contributed by atoms with E-state index in [4.69, 9.17) is 4.74 Å². The zero-order valence-corrected chi connectivity index (χ0v) is 12.0. The number of ether oxygens (including phenoxy) is 1. The zero-order chi connectivity index (χ0) is 14.5. The summed E-state index contributed by atoms with van der Waals surface area (Å²) in [6.07, 6.45) is 1.79. The highest BCUT2D eigenvalue weighted by atomic mass is 16.5. The minimum atomic E-state index is 0.551. The van der Waals surface area contributed by atoms with E-state index in [2.05, 4.69) is 34.6 Å². The molecule has 0 aliphatic heterocycles. The van der Waals surface area contributed by atoms with E-state index in [0.29, 0.717) is 6.61 Å². The van der Waals surface area contributed by atoms with Gasteiger partial charge in [-0.05, 0) is 30.3 Å². The maximum Gasteiger partial charge on any atom is 0.146 e. The molecule has 0 saturated heterocycles. The first-order chi connectivity index (χ1) is 10.4. The predicted molar refractivity (Wildman–Crippen MR) is 85.3 cm³/mol. The number of nitrogens with zero attached hydrogens (tertiary/aromatic N) is 1. The van der Waals surface area contributed by atoms with E-state index in [1.165, 1.54) is 5.56 Å². The Bertz CT molecular complexity index is 717. The van der Waals surface area contributed by atoms with Crippen LogP contribution in [0.5, 0.6) is 5.75 Å². The summed E-state index contributed by atoms with van der Waals surface area (Å²) in [4.78, 5) is 4.40. The van der Waals surface area contributed by atoms with Crippen molar-refractivity contribution < 1.29 is 4.74 Å². The molecule has 0 amide bonds. The van der Waals surface area contributed by atoms with Gasteiger partial charge in [-0.25, -0.2) is 0 Å². The van der Waals surface area contributed by atoms with E-state index >= 15 is 0 Å². The third-order valence-electron chi connectivity index (χ3n) is 3.39. The standard InChI is InChI=1S/C18H18N2O/c1-19-12-14-7-9-15(10-8-14)13-21-17-6-2-4-16-5-3-11-20-18(16)17/h2-11,19H,12-13H2,1H3. The largest absolute Gasteiger partial charge is 0.487 e. The molecule has 3 nitrogen and oxygen atoms in total. The van der Waals surface area contributed by atoms with Crippen LogP contribution in [-0.4, -0.2) is 12.0 Å². The Morgan fingerprint density at radius 1 is 0.952 bits per heavy atom. The van der Waals surface area contributed by atoms with Crippen molar-refractivity contribution in [2.24, 2.45) is 0 Å². The third-order valence-corrected chi connectivity index (χ3v) is 3.39. The molecular formula is C18H18N2O. The van der Waals surface area contributed by atoms with Gasteiger partial charge in [0.1, 0.15) is 17.9 Å². The summed E-state index contributed by atoms with van der Waals surface area (Å²) >= 11 is 0. The van der Waals surface area contributed by atoms with Crippen molar-refractivity contribution in [3.63, 3.8) is 0 Å². The Kier molecular flexibility index (Phi) is 4.12. The number of hydrogen-bond acceptors (Lipinski definition) is 3. The molecule has 0 aliphatic rings. The summed E-state index contributed by atoms with van der Waals surface area (Å²) in [5.41, 5.74) is 3.34. The topological polar surface area (TPSA) is 34.1 Å². The summed E-state index contributed by atoms with van der Waals surface area (Å²) in [5, 5.41) is 4.24. The molecular weight excluding hydrogens is 260 g/mol. The minimum Gasteiger partial charge on any atom is -0.487 e. The van der Waals surface area contributed by atoms with Gasteiger partial charge in [0, 0.05) is 18.1 Å². The van der Waals surface area contributed by atoms with Crippen LogP contribution in [0.15, 0.2) is 60.8 Å². The van der Waals surface area contributed by atoms with Crippen molar-refractivity contribution in [1.29, 1.82) is 0 Å². The molecule has 0 radical (unpaired) electrons. The Morgan fingerprint density at radius 3 is 2.52 bits per heavy atom. The molecule has 2 aromatic carbocycles. The van der Waals surface area contributed by atoms with E-state index in [-0.39, 0.29) is 0 Å². The molecule has 0 aliphatic carbocycles. The van der Waals surface area contributed by atoms with Gasteiger partial charge in [-0.2, -0.15) is 0 Å². The highest BCUT2D eigenvalue weighted by Crippen LogP contribution is 2.23. The number of fused-ring (bicyclic) bond motifs is 1. The van der Waals surface area contributed by atoms with Crippen LogP contribution in [0.25, 0.3) is 10.9 Å². The number of hydrogen-bond donors (Lipinski definition) is 1. The lowest BCUT2D eigenvalue weighted by atomic mass is 10.1. The molecule has 0 unspecified atom stereocenters. The van der Waals surface area contributed by atoms with E-state index < -0.39 is 0 Å². The zero-order valence-electron chi connectivity index (χ0n) is 12.0. The molecule has 0 fully saturated rings. The molecule has 0 bridgehead atoms. The van der Waals surface area contributed by atoms with Gasteiger partial charge in [-0.15, -0.1) is 0 Å². The van der Waals surface area contributed by atoms with E-state index in [0.717, 1.165) is 28.8 Å². The van der Waals surface area contributed by atoms with Crippen molar-refractivity contribution >= 4 is 10.9 Å². The molecule has 3 aromatic rings. The molecule has 3 heteroatoms. The van der Waals surface area contributed by atoms with Crippen LogP contribution in [0.2, 0.25) is 0 Å². The average Bonchev–Trinajstić information content (AvgIpc) is 2.54. The number of para-hydroxylation sites is 1. The molecule has 1 aromatic heterocycles. The summed E-state index contributed by atoms with van der Waals surface area (Å²) in [5.74, 6) is 0.826. The van der Waals surface area contributed by atoms with Gasteiger partial charge in [0.15, 0.2) is 0 Å². The normalized spacial score (nSPS) is 10.7. The van der Waals surface area contributed by atoms with Gasteiger partial charge >= 0.3 is 0 Å². The summed E-state index contributed by atoms with van der Waals surface area (Å²) in [7, 11) is 1.95. The van der Waals surface area contributed by atoms with E-state index in [1.807, 2.05) is 37.4 Å². The maximum atomic E-state index is 5.93. The van der Waals surface area contributed by atoms with Gasteiger partial charge in [-0.1, -0.05) is 42.5 Å². The lowest BCUT2D eigenvalue weighted by Gasteiger charge is -2.09. The highest BCUT2D eigenvalue weighted by molar-refractivity contribution is 5.84. The molecule has 106 valence electrons. The maximum absolute atomic E-state index is 5.93. The second-order valence-electron chi connectivity index (χ2n) is 4.97. The van der Waals surface area contributed by atoms with Gasteiger partial charge in [0.2, 0.25) is 0 Å². The minimum absolute atomic E-state index is 0.551. The van der Waals surface area contributed by atoms with Crippen LogP contribution < -0.4 is 10.1 Å². The van der Waals surface area contributed by atoms with Crippen LogP contribution in [0.4, 0.5) is 0 Å². The van der Waals surface area contributed by atoms with Crippen molar-refractivity contribution in [3.05, 3.63) is 71.9 Å². The number of nitrogens with one attached hydrogen (secondary N) is 1. The van der Waals surface area contributed by atoms with Crippen molar-refractivity contribution in [2.75, 3.05) is 7.05 Å². The molecule has 0 saturated carbocycles. The van der Waals surface area contributed by atoms with Crippen LogP contribution in [-0.2, 0) is 13.2 Å². The predicted octanol–water partition coefficient (Wildman–Crippen LogP) is 3.53. The molecule has 0 atom stereocenters. The third kappa shape index (κ3) is 3.20. The number of benzene rings is 2. The second kappa shape index (κ2) is 6.37. The first-order valence-corrected chi connectivity index (χ1v) is 7.06. The quantitative estimate of drug-likeness (QED) is 0.775. The molecule has 1 N–H and O–H groups in total. The molecule has 1 heterocycles. The number of aromatic nitrogens is 1. The average molecular weight is 278 g/mol. The molecule has 3 rings (SSSR count). The lowest BCUT2D eigenvalue weighted by Crippen LogP contribution is -2.05. The second-order valence-corrected chi connectivity index (χ2v) is 4.97. The van der Waals surface area contributed by atoms with Crippen LogP contribution in [0, 0.1) is 0 Å². The molecule has 0 spiro atoms. The van der Waals surface area contributed by atoms with Crippen LogP contribution in [0.3, 0.4) is 0 Å². The highest BCUT2D eigenvalue weighted by Gasteiger charge is 2.03. The lowest BCUT2D eigenvalue weighted by molar-refractivity contribution is 0.309.